The molecule has 0 fully saturated rings. The Kier molecular flexibility index (Phi) is 7.35. The van der Waals surface area contributed by atoms with Crippen LogP contribution in [-0.4, -0.2) is 44.5 Å². The van der Waals surface area contributed by atoms with Crippen LogP contribution < -0.4 is 10.2 Å². The third-order valence-electron chi connectivity index (χ3n) is 4.42. The van der Waals surface area contributed by atoms with E-state index in [0.717, 1.165) is 0 Å². The minimum atomic E-state index is -0.745. The van der Waals surface area contributed by atoms with Crippen molar-refractivity contribution in [1.82, 2.24) is 0 Å². The van der Waals surface area contributed by atoms with Crippen molar-refractivity contribution in [3.05, 3.63) is 82.0 Å². The Morgan fingerprint density at radius 2 is 1.75 bits per heavy atom. The van der Waals surface area contributed by atoms with Crippen molar-refractivity contribution in [2.24, 2.45) is 0 Å². The molecule has 0 saturated carbocycles. The summed E-state index contributed by atoms with van der Waals surface area (Å²) in [4.78, 5) is 51.0. The molecule has 1 heterocycles. The lowest BCUT2D eigenvalue weighted by Crippen LogP contribution is -2.28. The lowest BCUT2D eigenvalue weighted by molar-refractivity contribution is -0.119. The average Bonchev–Trinajstić information content (AvgIpc) is 3.36. The number of nitrogens with zero attached hydrogens (tertiary/aromatic N) is 1. The minimum Gasteiger partial charge on any atom is -0.465 e. The molecule has 0 aliphatic rings. The Morgan fingerprint density at radius 3 is 2.47 bits per heavy atom. The third kappa shape index (κ3) is 5.38. The monoisotopic (exact) mass is 452 g/mol. The number of benzene rings is 2. The van der Waals surface area contributed by atoms with E-state index in [2.05, 4.69) is 10.1 Å². The van der Waals surface area contributed by atoms with Crippen LogP contribution in [0.1, 0.15) is 30.4 Å². The van der Waals surface area contributed by atoms with Crippen molar-refractivity contribution >= 4 is 46.5 Å². The van der Waals surface area contributed by atoms with E-state index in [9.17, 15) is 19.2 Å². The topological polar surface area (TPSA) is 102 Å². The average molecular weight is 452 g/mol. The second-order valence-corrected chi connectivity index (χ2v) is 7.50. The molecule has 0 bridgehead atoms. The number of hydrogen-bond donors (Lipinski definition) is 1. The van der Waals surface area contributed by atoms with Crippen LogP contribution in [0.3, 0.4) is 0 Å². The van der Waals surface area contributed by atoms with Crippen LogP contribution in [0.15, 0.2) is 66.0 Å². The number of para-hydroxylation sites is 1. The summed E-state index contributed by atoms with van der Waals surface area (Å²) in [7, 11) is 2.82. The second kappa shape index (κ2) is 10.4. The fraction of sp³-hybridized carbons (Fsp3) is 0.130. The second-order valence-electron chi connectivity index (χ2n) is 6.56. The van der Waals surface area contributed by atoms with Crippen molar-refractivity contribution in [2.45, 2.75) is 0 Å². The van der Waals surface area contributed by atoms with Crippen molar-refractivity contribution in [3.8, 4) is 0 Å². The number of esters is 2. The van der Waals surface area contributed by atoms with Gasteiger partial charge in [-0.3, -0.25) is 9.59 Å². The first-order chi connectivity index (χ1) is 15.4. The molecule has 8 nitrogen and oxygen atoms in total. The van der Waals surface area contributed by atoms with E-state index in [0.29, 0.717) is 16.3 Å². The molecule has 0 aliphatic heterocycles. The molecule has 1 aromatic heterocycles. The molecular weight excluding hydrogens is 432 g/mol. The van der Waals surface area contributed by atoms with Crippen LogP contribution in [0.2, 0.25) is 0 Å². The zero-order chi connectivity index (χ0) is 23.1. The lowest BCUT2D eigenvalue weighted by Gasteiger charge is -2.19. The number of carbonyl (C=O) groups is 4. The van der Waals surface area contributed by atoms with Gasteiger partial charge in [-0.05, 0) is 41.8 Å². The van der Waals surface area contributed by atoms with Crippen molar-refractivity contribution < 1.29 is 28.7 Å². The summed E-state index contributed by atoms with van der Waals surface area (Å²) in [5, 5.41) is 4.35. The highest BCUT2D eigenvalue weighted by molar-refractivity contribution is 7.12. The predicted octanol–water partition coefficient (Wildman–Crippen LogP) is 3.61. The zero-order valence-corrected chi connectivity index (χ0v) is 18.2. The Labute approximate surface area is 188 Å². The van der Waals surface area contributed by atoms with Crippen LogP contribution in [0, 0.1) is 0 Å². The molecule has 1 N–H and O–H groups in total. The number of hydrogen-bond acceptors (Lipinski definition) is 7. The quantitative estimate of drug-likeness (QED) is 0.550. The molecule has 0 unspecified atom stereocenters. The zero-order valence-electron chi connectivity index (χ0n) is 17.4. The molecule has 0 aliphatic carbocycles. The molecule has 3 aromatic rings. The molecule has 0 radical (unpaired) electrons. The summed E-state index contributed by atoms with van der Waals surface area (Å²) >= 11 is 1.30. The Morgan fingerprint density at radius 1 is 0.969 bits per heavy atom. The fourth-order valence-electron chi connectivity index (χ4n) is 2.86. The van der Waals surface area contributed by atoms with Crippen LogP contribution in [-0.2, 0) is 14.3 Å². The van der Waals surface area contributed by atoms with Crippen LogP contribution in [0.25, 0.3) is 0 Å². The number of anilines is 2. The number of carbonyl (C=O) groups excluding carboxylic acids is 4. The van der Waals surface area contributed by atoms with Crippen molar-refractivity contribution in [1.29, 1.82) is 0 Å². The maximum Gasteiger partial charge on any atom is 0.340 e. The van der Waals surface area contributed by atoms with E-state index in [1.807, 2.05) is 0 Å². The summed E-state index contributed by atoms with van der Waals surface area (Å²) in [6, 6.07) is 16.1. The van der Waals surface area contributed by atoms with Gasteiger partial charge < -0.3 is 19.7 Å². The molecule has 3 rings (SSSR count). The van der Waals surface area contributed by atoms with Gasteiger partial charge in [0.2, 0.25) is 0 Å². The molecule has 0 atom stereocenters. The lowest BCUT2D eigenvalue weighted by atomic mass is 10.1. The number of thiophene rings is 1. The van der Waals surface area contributed by atoms with Crippen LogP contribution >= 0.6 is 11.3 Å². The van der Waals surface area contributed by atoms with Crippen LogP contribution in [0.4, 0.5) is 11.4 Å². The van der Waals surface area contributed by atoms with E-state index >= 15 is 0 Å². The third-order valence-corrected chi connectivity index (χ3v) is 5.28. The Hall–Kier alpha value is -3.98. The van der Waals surface area contributed by atoms with Crippen LogP contribution in [0.5, 0.6) is 0 Å². The van der Waals surface area contributed by atoms with Gasteiger partial charge in [-0.2, -0.15) is 0 Å². The van der Waals surface area contributed by atoms with Gasteiger partial charge >= 0.3 is 11.9 Å². The van der Waals surface area contributed by atoms with Gasteiger partial charge in [-0.1, -0.05) is 24.3 Å². The molecule has 2 amide bonds. The summed E-state index contributed by atoms with van der Waals surface area (Å²) in [5.41, 5.74) is 1.15. The number of methoxy groups -OCH3 is 1. The normalized spacial score (nSPS) is 10.2. The molecule has 0 saturated heterocycles. The maximum absolute atomic E-state index is 12.6. The number of rotatable bonds is 7. The summed E-state index contributed by atoms with van der Waals surface area (Å²) in [6.45, 7) is -0.543. The SMILES string of the molecule is COC(=O)c1cccc(NC(=O)COC(=O)c2ccccc2N(C)C(=O)c2cccs2)c1. The van der Waals surface area contributed by atoms with E-state index < -0.39 is 24.5 Å². The van der Waals surface area contributed by atoms with Gasteiger partial charge in [-0.25, -0.2) is 9.59 Å². The largest absolute Gasteiger partial charge is 0.465 e. The first kappa shape index (κ1) is 22.7. The summed E-state index contributed by atoms with van der Waals surface area (Å²) in [5.74, 6) is -2.13. The Balaban J connectivity index is 1.65. The predicted molar refractivity (Wildman–Crippen MR) is 120 cm³/mol. The van der Waals surface area contributed by atoms with Gasteiger partial charge in [0.05, 0.1) is 28.8 Å². The summed E-state index contributed by atoms with van der Waals surface area (Å²) in [6.07, 6.45) is 0. The number of nitrogens with one attached hydrogen (secondary N) is 1. The van der Waals surface area contributed by atoms with E-state index in [1.165, 1.54) is 35.5 Å². The highest BCUT2D eigenvalue weighted by atomic mass is 32.1. The highest BCUT2D eigenvalue weighted by Gasteiger charge is 2.21. The van der Waals surface area contributed by atoms with Crippen molar-refractivity contribution in [3.63, 3.8) is 0 Å². The highest BCUT2D eigenvalue weighted by Crippen LogP contribution is 2.23. The number of ether oxygens (including phenoxy) is 2. The first-order valence-corrected chi connectivity index (χ1v) is 10.3. The van der Waals surface area contributed by atoms with Gasteiger partial charge in [0.25, 0.3) is 11.8 Å². The maximum atomic E-state index is 12.6. The summed E-state index contributed by atoms with van der Waals surface area (Å²) < 4.78 is 9.79. The van der Waals surface area contributed by atoms with Gasteiger partial charge in [0.1, 0.15) is 0 Å². The van der Waals surface area contributed by atoms with E-state index in [1.54, 1.807) is 61.0 Å². The number of amides is 2. The van der Waals surface area contributed by atoms with E-state index in [4.69, 9.17) is 4.74 Å². The standard InChI is InChI=1S/C23H20N2O6S/c1-25(21(27)19-11-6-12-32-19)18-10-4-3-9-17(18)23(29)31-14-20(26)24-16-8-5-7-15(13-16)22(28)30-2/h3-13H,14H2,1-2H3,(H,24,26). The molecule has 164 valence electrons. The minimum absolute atomic E-state index is 0.153. The smallest absolute Gasteiger partial charge is 0.340 e. The first-order valence-electron chi connectivity index (χ1n) is 9.46. The molecule has 0 spiro atoms. The molecule has 9 heteroatoms. The molecule has 2 aromatic carbocycles. The molecular formula is C23H20N2O6S. The Bertz CT molecular complexity index is 1140. The van der Waals surface area contributed by atoms with Crippen molar-refractivity contribution in [2.75, 3.05) is 31.0 Å². The van der Waals surface area contributed by atoms with Gasteiger partial charge in [-0.15, -0.1) is 11.3 Å². The molecule has 32 heavy (non-hydrogen) atoms. The van der Waals surface area contributed by atoms with E-state index in [-0.39, 0.29) is 17.0 Å². The fourth-order valence-corrected chi connectivity index (χ4v) is 3.56. The van der Waals surface area contributed by atoms with Gasteiger partial charge in [0, 0.05) is 12.7 Å². The van der Waals surface area contributed by atoms with Gasteiger partial charge in [0.15, 0.2) is 6.61 Å².